The number of carbonyl (C=O) groups is 1. The van der Waals surface area contributed by atoms with Crippen molar-refractivity contribution in [3.05, 3.63) is 63.9 Å². The Balaban J connectivity index is 1.58. The molecule has 10 heteroatoms. The van der Waals surface area contributed by atoms with Crippen LogP contribution < -0.4 is 15.9 Å². The summed E-state index contributed by atoms with van der Waals surface area (Å²) < 4.78 is 7.29. The predicted molar refractivity (Wildman–Crippen MR) is 125 cm³/mol. The third-order valence-corrected chi connectivity index (χ3v) is 5.84. The minimum atomic E-state index is -0.266. The van der Waals surface area contributed by atoms with Crippen LogP contribution in [0.3, 0.4) is 0 Å². The molecule has 0 bridgehead atoms. The average Bonchev–Trinajstić information content (AvgIpc) is 3.10. The summed E-state index contributed by atoms with van der Waals surface area (Å²) in [6, 6.07) is 12.8. The van der Waals surface area contributed by atoms with Gasteiger partial charge >= 0.3 is 0 Å². The van der Waals surface area contributed by atoms with Crippen LogP contribution in [0, 0.1) is 18.3 Å². The van der Waals surface area contributed by atoms with Crippen molar-refractivity contribution in [1.82, 2.24) is 14.9 Å². The number of hydrogen-bond acceptors (Lipinski definition) is 7. The van der Waals surface area contributed by atoms with E-state index in [1.54, 1.807) is 12.1 Å². The molecule has 1 heterocycles. The molecule has 1 aromatic heterocycles. The summed E-state index contributed by atoms with van der Waals surface area (Å²) in [5, 5.41) is 20.4. The SMILES string of the molecule is Cc1ccc(C(C)C)c(OCc2nnc(SCC(=O)Nc3ccc(C#N)c(Cl)c3)n2N)c1. The number of aromatic nitrogens is 3. The Bertz CT molecular complexity index is 1170. The molecular weight excluding hydrogens is 448 g/mol. The molecular formula is C22H23ClN6O2S. The molecule has 0 aliphatic rings. The van der Waals surface area contributed by atoms with Gasteiger partial charge in [0.2, 0.25) is 11.1 Å². The van der Waals surface area contributed by atoms with Crippen LogP contribution in [-0.4, -0.2) is 26.5 Å². The van der Waals surface area contributed by atoms with E-state index in [4.69, 9.17) is 27.4 Å². The summed E-state index contributed by atoms with van der Waals surface area (Å²) in [4.78, 5) is 12.3. The molecule has 0 fully saturated rings. The zero-order valence-electron chi connectivity index (χ0n) is 17.9. The number of aryl methyl sites for hydroxylation is 1. The van der Waals surface area contributed by atoms with Gasteiger partial charge in [0.1, 0.15) is 18.4 Å². The maximum Gasteiger partial charge on any atom is 0.234 e. The summed E-state index contributed by atoms with van der Waals surface area (Å²) in [5.74, 6) is 7.46. The van der Waals surface area contributed by atoms with Crippen LogP contribution in [0.4, 0.5) is 5.69 Å². The molecule has 2 aromatic carbocycles. The van der Waals surface area contributed by atoms with Crippen LogP contribution in [0.1, 0.15) is 42.3 Å². The molecule has 166 valence electrons. The van der Waals surface area contributed by atoms with Crippen LogP contribution >= 0.6 is 23.4 Å². The Morgan fingerprint density at radius 1 is 1.31 bits per heavy atom. The Hall–Kier alpha value is -3.22. The fraction of sp³-hybridized carbons (Fsp3) is 0.273. The van der Waals surface area contributed by atoms with Crippen molar-refractivity contribution in [2.24, 2.45) is 0 Å². The van der Waals surface area contributed by atoms with Crippen molar-refractivity contribution in [3.63, 3.8) is 0 Å². The maximum absolute atomic E-state index is 12.3. The molecule has 0 spiro atoms. The number of halogens is 1. The Kier molecular flexibility index (Phi) is 7.62. The minimum Gasteiger partial charge on any atom is -0.485 e. The van der Waals surface area contributed by atoms with E-state index in [9.17, 15) is 4.79 Å². The molecule has 0 atom stereocenters. The standard InChI is InChI=1S/C22H23ClN6O2S/c1-13(2)17-7-4-14(3)8-19(17)31-11-20-27-28-22(29(20)25)32-12-21(30)26-16-6-5-15(10-24)18(23)9-16/h4-9,13H,11-12,25H2,1-3H3,(H,26,30). The van der Waals surface area contributed by atoms with Gasteiger partial charge in [-0.2, -0.15) is 5.26 Å². The van der Waals surface area contributed by atoms with Crippen molar-refractivity contribution in [3.8, 4) is 11.8 Å². The molecule has 0 saturated carbocycles. The molecule has 0 radical (unpaired) electrons. The fourth-order valence-corrected chi connectivity index (χ4v) is 3.80. The summed E-state index contributed by atoms with van der Waals surface area (Å²) >= 11 is 7.14. The minimum absolute atomic E-state index is 0.0726. The van der Waals surface area contributed by atoms with Gasteiger partial charge in [0.15, 0.2) is 5.82 Å². The number of nitrogens with zero attached hydrogens (tertiary/aromatic N) is 4. The summed E-state index contributed by atoms with van der Waals surface area (Å²) in [6.07, 6.45) is 0. The van der Waals surface area contributed by atoms with E-state index < -0.39 is 0 Å². The second kappa shape index (κ2) is 10.4. The molecule has 8 nitrogen and oxygen atoms in total. The first-order chi connectivity index (χ1) is 15.3. The Morgan fingerprint density at radius 3 is 2.78 bits per heavy atom. The average molecular weight is 471 g/mol. The zero-order chi connectivity index (χ0) is 23.3. The lowest BCUT2D eigenvalue weighted by Crippen LogP contribution is -2.18. The topological polar surface area (TPSA) is 119 Å². The molecule has 3 rings (SSSR count). The second-order valence-corrected chi connectivity index (χ2v) is 8.75. The van der Waals surface area contributed by atoms with Gasteiger partial charge in [-0.1, -0.05) is 49.3 Å². The van der Waals surface area contributed by atoms with Gasteiger partial charge in [-0.25, -0.2) is 4.68 Å². The number of nitrogens with one attached hydrogen (secondary N) is 1. The second-order valence-electron chi connectivity index (χ2n) is 7.40. The van der Waals surface area contributed by atoms with Gasteiger partial charge in [-0.05, 0) is 48.2 Å². The van der Waals surface area contributed by atoms with Gasteiger partial charge in [0, 0.05) is 5.69 Å². The Morgan fingerprint density at radius 2 is 2.09 bits per heavy atom. The van der Waals surface area contributed by atoms with Crippen LogP contribution in [-0.2, 0) is 11.4 Å². The molecule has 1 amide bonds. The smallest absolute Gasteiger partial charge is 0.234 e. The fourth-order valence-electron chi connectivity index (χ4n) is 2.90. The third kappa shape index (κ3) is 5.72. The largest absolute Gasteiger partial charge is 0.485 e. The lowest BCUT2D eigenvalue weighted by molar-refractivity contribution is -0.113. The van der Waals surface area contributed by atoms with Gasteiger partial charge in [0.05, 0.1) is 16.3 Å². The number of hydrogen-bond donors (Lipinski definition) is 2. The third-order valence-electron chi connectivity index (χ3n) is 4.59. The molecule has 3 N–H and O–H groups in total. The molecule has 0 aliphatic heterocycles. The van der Waals surface area contributed by atoms with E-state index in [0.29, 0.717) is 28.1 Å². The number of nitriles is 1. The van der Waals surface area contributed by atoms with Gasteiger partial charge in [-0.3, -0.25) is 4.79 Å². The van der Waals surface area contributed by atoms with E-state index in [2.05, 4.69) is 41.5 Å². The number of benzene rings is 2. The van der Waals surface area contributed by atoms with E-state index in [1.807, 2.05) is 19.1 Å². The lowest BCUT2D eigenvalue weighted by Gasteiger charge is -2.14. The normalized spacial score (nSPS) is 10.8. The first-order valence-electron chi connectivity index (χ1n) is 9.83. The van der Waals surface area contributed by atoms with Crippen molar-refractivity contribution >= 4 is 35.0 Å². The monoisotopic (exact) mass is 470 g/mol. The van der Waals surface area contributed by atoms with Crippen LogP contribution in [0.2, 0.25) is 5.02 Å². The van der Waals surface area contributed by atoms with Gasteiger partial charge in [0.25, 0.3) is 0 Å². The van der Waals surface area contributed by atoms with Crippen molar-refractivity contribution < 1.29 is 9.53 Å². The number of thioether (sulfide) groups is 1. The van der Waals surface area contributed by atoms with Crippen molar-refractivity contribution in [2.75, 3.05) is 16.9 Å². The molecule has 0 aliphatic carbocycles. The highest BCUT2D eigenvalue weighted by Gasteiger charge is 2.15. The number of nitrogen functional groups attached to an aromatic ring is 1. The van der Waals surface area contributed by atoms with Gasteiger partial charge < -0.3 is 15.9 Å². The number of rotatable bonds is 8. The lowest BCUT2D eigenvalue weighted by atomic mass is 10.0. The number of nitrogens with two attached hydrogens (primary N) is 1. The number of ether oxygens (including phenoxy) is 1. The molecule has 3 aromatic rings. The summed E-state index contributed by atoms with van der Waals surface area (Å²) in [6.45, 7) is 6.38. The van der Waals surface area contributed by atoms with Gasteiger partial charge in [-0.15, -0.1) is 10.2 Å². The maximum atomic E-state index is 12.3. The summed E-state index contributed by atoms with van der Waals surface area (Å²) in [7, 11) is 0. The Labute approximate surface area is 195 Å². The van der Waals surface area contributed by atoms with Crippen molar-refractivity contribution in [2.45, 2.75) is 38.5 Å². The zero-order valence-corrected chi connectivity index (χ0v) is 19.5. The highest BCUT2D eigenvalue weighted by Crippen LogP contribution is 2.28. The molecule has 0 unspecified atom stereocenters. The molecule has 0 saturated heterocycles. The molecule has 32 heavy (non-hydrogen) atoms. The van der Waals surface area contributed by atoms with Crippen LogP contribution in [0.5, 0.6) is 5.75 Å². The highest BCUT2D eigenvalue weighted by atomic mass is 35.5. The van der Waals surface area contributed by atoms with Crippen LogP contribution in [0.15, 0.2) is 41.6 Å². The first kappa shape index (κ1) is 23.4. The van der Waals surface area contributed by atoms with Crippen molar-refractivity contribution in [1.29, 1.82) is 5.26 Å². The predicted octanol–water partition coefficient (Wildman–Crippen LogP) is 4.26. The van der Waals surface area contributed by atoms with E-state index in [-0.39, 0.29) is 23.3 Å². The number of amides is 1. The van der Waals surface area contributed by atoms with E-state index in [1.165, 1.54) is 10.7 Å². The summed E-state index contributed by atoms with van der Waals surface area (Å²) in [5.41, 5.74) is 3.05. The number of anilines is 1. The van der Waals surface area contributed by atoms with E-state index >= 15 is 0 Å². The van der Waals surface area contributed by atoms with E-state index in [0.717, 1.165) is 28.6 Å². The highest BCUT2D eigenvalue weighted by molar-refractivity contribution is 7.99. The first-order valence-corrected chi connectivity index (χ1v) is 11.2. The van der Waals surface area contributed by atoms with Crippen LogP contribution in [0.25, 0.3) is 0 Å². The quantitative estimate of drug-likeness (QED) is 0.373. The number of carbonyl (C=O) groups excluding carboxylic acids is 1.